The van der Waals surface area contributed by atoms with Crippen LogP contribution in [0.15, 0.2) is 24.3 Å². The summed E-state index contributed by atoms with van der Waals surface area (Å²) in [6.07, 6.45) is -5.16. The van der Waals surface area contributed by atoms with Crippen molar-refractivity contribution in [2.75, 3.05) is 6.54 Å². The van der Waals surface area contributed by atoms with Gasteiger partial charge in [-0.15, -0.1) is 0 Å². The summed E-state index contributed by atoms with van der Waals surface area (Å²) in [7, 11) is 0. The predicted molar refractivity (Wildman–Crippen MR) is 73.3 cm³/mol. The van der Waals surface area contributed by atoms with E-state index in [4.69, 9.17) is 0 Å². The molecule has 2 atom stereocenters. The zero-order valence-corrected chi connectivity index (χ0v) is 12.2. The number of amides is 1. The Morgan fingerprint density at radius 1 is 1.29 bits per heavy atom. The molecule has 1 aromatic rings. The normalized spacial score (nSPS) is 23.2. The van der Waals surface area contributed by atoms with Gasteiger partial charge in [0.25, 0.3) is 0 Å². The summed E-state index contributed by atoms with van der Waals surface area (Å²) in [6, 6.07) is 4.96. The third-order valence-electron chi connectivity index (χ3n) is 3.77. The zero-order chi connectivity index (χ0) is 15.8. The van der Waals surface area contributed by atoms with Gasteiger partial charge in [0, 0.05) is 12.1 Å². The van der Waals surface area contributed by atoms with E-state index in [9.17, 15) is 18.0 Å². The number of benzene rings is 1. The first-order chi connectivity index (χ1) is 9.77. The van der Waals surface area contributed by atoms with E-state index in [0.717, 1.165) is 6.07 Å². The number of nitrogens with zero attached hydrogens (tertiary/aromatic N) is 1. The molecule has 6 heteroatoms. The van der Waals surface area contributed by atoms with Gasteiger partial charge in [0.2, 0.25) is 5.91 Å². The third kappa shape index (κ3) is 2.90. The number of hydrogen-bond acceptors (Lipinski definition) is 2. The maximum absolute atomic E-state index is 13.2. The van der Waals surface area contributed by atoms with E-state index in [1.165, 1.54) is 17.0 Å². The van der Waals surface area contributed by atoms with Crippen LogP contribution in [-0.2, 0) is 11.0 Å². The Morgan fingerprint density at radius 2 is 1.90 bits per heavy atom. The van der Waals surface area contributed by atoms with Crippen LogP contribution >= 0.6 is 0 Å². The lowest BCUT2D eigenvalue weighted by Gasteiger charge is -2.25. The maximum Gasteiger partial charge on any atom is 0.416 e. The van der Waals surface area contributed by atoms with Crippen LogP contribution in [0.4, 0.5) is 13.2 Å². The standard InChI is InChI=1S/C15H19F3N2O/c1-4-20-13(19-12(9(2)3)14(20)21)10-7-5-6-8-11(10)15(16,17)18/h5-9,12-13,19H,4H2,1-3H3. The molecule has 0 aliphatic carbocycles. The van der Waals surface area contributed by atoms with Crippen molar-refractivity contribution >= 4 is 5.91 Å². The van der Waals surface area contributed by atoms with Crippen molar-refractivity contribution in [3.63, 3.8) is 0 Å². The molecule has 1 fully saturated rings. The first-order valence-corrected chi connectivity index (χ1v) is 7.00. The summed E-state index contributed by atoms with van der Waals surface area (Å²) in [6.45, 7) is 5.89. The monoisotopic (exact) mass is 300 g/mol. The molecular weight excluding hydrogens is 281 g/mol. The minimum atomic E-state index is -4.43. The second-order valence-corrected chi connectivity index (χ2v) is 5.50. The Labute approximate surface area is 122 Å². The molecule has 1 amide bonds. The number of halogens is 3. The highest BCUT2D eigenvalue weighted by atomic mass is 19.4. The number of likely N-dealkylation sites (N-methyl/N-ethyl adjacent to an activating group) is 1. The topological polar surface area (TPSA) is 32.3 Å². The van der Waals surface area contributed by atoms with Gasteiger partial charge in [0.15, 0.2) is 0 Å². The van der Waals surface area contributed by atoms with Crippen molar-refractivity contribution in [1.82, 2.24) is 10.2 Å². The average molecular weight is 300 g/mol. The van der Waals surface area contributed by atoms with Gasteiger partial charge in [-0.1, -0.05) is 32.0 Å². The van der Waals surface area contributed by atoms with E-state index in [1.54, 1.807) is 13.0 Å². The molecule has 21 heavy (non-hydrogen) atoms. The second-order valence-electron chi connectivity index (χ2n) is 5.50. The van der Waals surface area contributed by atoms with Crippen molar-refractivity contribution in [1.29, 1.82) is 0 Å². The van der Waals surface area contributed by atoms with E-state index in [-0.39, 0.29) is 17.4 Å². The van der Waals surface area contributed by atoms with Crippen LogP contribution in [0.25, 0.3) is 0 Å². The van der Waals surface area contributed by atoms with Gasteiger partial charge in [0.1, 0.15) is 6.17 Å². The van der Waals surface area contributed by atoms with Gasteiger partial charge in [-0.3, -0.25) is 10.1 Å². The molecular formula is C15H19F3N2O. The van der Waals surface area contributed by atoms with E-state index in [0.29, 0.717) is 6.54 Å². The van der Waals surface area contributed by atoms with Crippen molar-refractivity contribution < 1.29 is 18.0 Å². The van der Waals surface area contributed by atoms with Crippen molar-refractivity contribution in [2.45, 2.75) is 39.2 Å². The van der Waals surface area contributed by atoms with Crippen LogP contribution < -0.4 is 5.32 Å². The number of alkyl halides is 3. The van der Waals surface area contributed by atoms with Crippen LogP contribution in [0.3, 0.4) is 0 Å². The highest BCUT2D eigenvalue weighted by Crippen LogP contribution is 2.37. The van der Waals surface area contributed by atoms with Gasteiger partial charge in [-0.05, 0) is 18.9 Å². The molecule has 1 aromatic carbocycles. The summed E-state index contributed by atoms with van der Waals surface area (Å²) >= 11 is 0. The highest BCUT2D eigenvalue weighted by molar-refractivity contribution is 5.84. The summed E-state index contributed by atoms with van der Waals surface area (Å²) in [4.78, 5) is 13.8. The quantitative estimate of drug-likeness (QED) is 0.930. The van der Waals surface area contributed by atoms with E-state index in [2.05, 4.69) is 5.32 Å². The highest BCUT2D eigenvalue weighted by Gasteiger charge is 2.43. The van der Waals surface area contributed by atoms with Crippen molar-refractivity contribution in [3.8, 4) is 0 Å². The third-order valence-corrected chi connectivity index (χ3v) is 3.77. The summed E-state index contributed by atoms with van der Waals surface area (Å²) in [5.74, 6) is -0.121. The lowest BCUT2D eigenvalue weighted by molar-refractivity contribution is -0.139. The number of hydrogen-bond donors (Lipinski definition) is 1. The largest absolute Gasteiger partial charge is 0.416 e. The fourth-order valence-corrected chi connectivity index (χ4v) is 2.70. The molecule has 0 bridgehead atoms. The van der Waals surface area contributed by atoms with Crippen LogP contribution in [0.5, 0.6) is 0 Å². The fraction of sp³-hybridized carbons (Fsp3) is 0.533. The molecule has 1 N–H and O–H groups in total. The van der Waals surface area contributed by atoms with Gasteiger partial charge in [-0.2, -0.15) is 13.2 Å². The Hall–Kier alpha value is -1.56. The average Bonchev–Trinajstić information content (AvgIpc) is 2.74. The maximum atomic E-state index is 13.2. The zero-order valence-electron chi connectivity index (χ0n) is 12.2. The SMILES string of the molecule is CCN1C(=O)C(C(C)C)NC1c1ccccc1C(F)(F)F. The number of nitrogens with one attached hydrogen (secondary N) is 1. The summed E-state index contributed by atoms with van der Waals surface area (Å²) in [5.41, 5.74) is -0.596. The molecule has 1 aliphatic rings. The van der Waals surface area contributed by atoms with E-state index >= 15 is 0 Å². The molecule has 116 valence electrons. The molecule has 0 spiro atoms. The van der Waals surface area contributed by atoms with Gasteiger partial charge >= 0.3 is 6.18 Å². The van der Waals surface area contributed by atoms with Gasteiger partial charge < -0.3 is 4.90 Å². The number of rotatable bonds is 3. The lowest BCUT2D eigenvalue weighted by atomic mass is 10.0. The van der Waals surface area contributed by atoms with Crippen molar-refractivity contribution in [2.24, 2.45) is 5.92 Å². The number of carbonyl (C=O) groups excluding carboxylic acids is 1. The molecule has 0 aromatic heterocycles. The molecule has 2 unspecified atom stereocenters. The fourth-order valence-electron chi connectivity index (χ4n) is 2.70. The summed E-state index contributed by atoms with van der Waals surface area (Å²) < 4.78 is 39.5. The molecule has 1 heterocycles. The first-order valence-electron chi connectivity index (χ1n) is 7.00. The second kappa shape index (κ2) is 5.67. The molecule has 3 nitrogen and oxygen atoms in total. The Morgan fingerprint density at radius 3 is 2.43 bits per heavy atom. The number of carbonyl (C=O) groups is 1. The first kappa shape index (κ1) is 15.8. The predicted octanol–water partition coefficient (Wildman–Crippen LogP) is 3.18. The molecule has 1 saturated heterocycles. The van der Waals surface area contributed by atoms with E-state index < -0.39 is 23.9 Å². The Kier molecular flexibility index (Phi) is 4.27. The Bertz CT molecular complexity index is 528. The van der Waals surface area contributed by atoms with Crippen LogP contribution in [0.2, 0.25) is 0 Å². The molecule has 2 rings (SSSR count). The van der Waals surface area contributed by atoms with Gasteiger partial charge in [0.05, 0.1) is 11.6 Å². The minimum Gasteiger partial charge on any atom is -0.322 e. The smallest absolute Gasteiger partial charge is 0.322 e. The van der Waals surface area contributed by atoms with E-state index in [1.807, 2.05) is 13.8 Å². The lowest BCUT2D eigenvalue weighted by Crippen LogP contribution is -2.34. The van der Waals surface area contributed by atoms with Crippen LogP contribution in [-0.4, -0.2) is 23.4 Å². The molecule has 1 aliphatic heterocycles. The molecule has 0 radical (unpaired) electrons. The van der Waals surface area contributed by atoms with Crippen molar-refractivity contribution in [3.05, 3.63) is 35.4 Å². The van der Waals surface area contributed by atoms with Gasteiger partial charge in [-0.25, -0.2) is 0 Å². The summed E-state index contributed by atoms with van der Waals surface area (Å²) in [5, 5.41) is 3.05. The molecule has 0 saturated carbocycles. The minimum absolute atomic E-state index is 0.0228. The van der Waals surface area contributed by atoms with Crippen LogP contribution in [0, 0.1) is 5.92 Å². The Balaban J connectivity index is 2.44. The van der Waals surface area contributed by atoms with Crippen LogP contribution in [0.1, 0.15) is 38.1 Å².